The molecular formula is C17H19N3O5S2. The van der Waals surface area contributed by atoms with E-state index in [-0.39, 0.29) is 5.04 Å². The van der Waals surface area contributed by atoms with Gasteiger partial charge in [0.1, 0.15) is 10.7 Å². The predicted octanol–water partition coefficient (Wildman–Crippen LogP) is 2.43. The summed E-state index contributed by atoms with van der Waals surface area (Å²) in [5.41, 5.74) is 1.47. The summed E-state index contributed by atoms with van der Waals surface area (Å²) in [4.78, 5) is 26.7. The van der Waals surface area contributed by atoms with E-state index in [4.69, 9.17) is 14.2 Å². The summed E-state index contributed by atoms with van der Waals surface area (Å²) in [7, 11) is 6.08. The lowest BCUT2D eigenvalue weighted by molar-refractivity contribution is -0.135. The van der Waals surface area contributed by atoms with E-state index >= 15 is 0 Å². The van der Waals surface area contributed by atoms with Crippen LogP contribution in [-0.2, 0) is 19.1 Å². The Morgan fingerprint density at radius 2 is 1.67 bits per heavy atom. The minimum atomic E-state index is -0.883. The van der Waals surface area contributed by atoms with Crippen LogP contribution < -0.4 is 9.75 Å². The van der Waals surface area contributed by atoms with Crippen molar-refractivity contribution in [1.29, 1.82) is 0 Å². The van der Waals surface area contributed by atoms with Crippen molar-refractivity contribution < 1.29 is 23.8 Å². The highest BCUT2D eigenvalue weighted by Crippen LogP contribution is 2.58. The first-order chi connectivity index (χ1) is 12.9. The van der Waals surface area contributed by atoms with Crippen LogP contribution in [0.15, 0.2) is 40.0 Å². The molecule has 1 spiro atoms. The number of allylic oxidation sites excluding steroid dienone is 1. The van der Waals surface area contributed by atoms with Crippen molar-refractivity contribution in [3.05, 3.63) is 34.9 Å². The zero-order valence-corrected chi connectivity index (χ0v) is 17.1. The average Bonchev–Trinajstić information content (AvgIpc) is 3.21. The van der Waals surface area contributed by atoms with E-state index in [1.165, 1.54) is 37.7 Å². The first-order valence-corrected chi connectivity index (χ1v) is 9.53. The number of benzene rings is 1. The smallest absolute Gasteiger partial charge is 0.365 e. The Kier molecular flexibility index (Phi) is 5.29. The lowest BCUT2D eigenvalue weighted by Crippen LogP contribution is -2.47. The summed E-state index contributed by atoms with van der Waals surface area (Å²) in [6, 6.07) is 7.29. The number of nitrogens with zero attached hydrogens (tertiary/aromatic N) is 3. The molecule has 1 atom stereocenters. The first-order valence-electron chi connectivity index (χ1n) is 7.90. The van der Waals surface area contributed by atoms with E-state index in [9.17, 15) is 9.59 Å². The zero-order chi connectivity index (χ0) is 19.8. The van der Waals surface area contributed by atoms with Crippen molar-refractivity contribution in [2.45, 2.75) is 11.3 Å². The first kappa shape index (κ1) is 19.4. The molecule has 2 aliphatic heterocycles. The molecule has 27 heavy (non-hydrogen) atoms. The standard InChI is InChI=1S/C17H19N3O5S2/c1-10-13(15(21)24-4)26-17(19(10)2)20(18-14(27-17)16(22)25-5)11-6-8-12(23-3)9-7-11/h6-9H,1-5H3/t17-/m0/s1. The topological polar surface area (TPSA) is 80.7 Å². The highest BCUT2D eigenvalue weighted by atomic mass is 32.2. The highest BCUT2D eigenvalue weighted by Gasteiger charge is 2.56. The zero-order valence-electron chi connectivity index (χ0n) is 15.5. The number of rotatable bonds is 4. The summed E-state index contributed by atoms with van der Waals surface area (Å²) in [5.74, 6) is -0.259. The quantitative estimate of drug-likeness (QED) is 0.697. The molecule has 2 aliphatic rings. The maximum Gasteiger partial charge on any atom is 0.365 e. The predicted molar refractivity (Wildman–Crippen MR) is 105 cm³/mol. The molecule has 0 aromatic heterocycles. The number of thioether (sulfide) groups is 2. The van der Waals surface area contributed by atoms with Crippen molar-refractivity contribution in [3.63, 3.8) is 0 Å². The fourth-order valence-electron chi connectivity index (χ4n) is 2.65. The molecule has 2 heterocycles. The van der Waals surface area contributed by atoms with E-state index in [1.807, 2.05) is 31.0 Å². The van der Waals surface area contributed by atoms with Crippen LogP contribution in [0.1, 0.15) is 6.92 Å². The molecule has 10 heteroatoms. The van der Waals surface area contributed by atoms with Gasteiger partial charge in [-0.25, -0.2) is 14.6 Å². The molecule has 0 fully saturated rings. The monoisotopic (exact) mass is 409 g/mol. The van der Waals surface area contributed by atoms with Gasteiger partial charge in [-0.1, -0.05) is 11.8 Å². The molecule has 0 radical (unpaired) electrons. The van der Waals surface area contributed by atoms with Gasteiger partial charge in [-0.2, -0.15) is 5.10 Å². The molecule has 3 rings (SSSR count). The van der Waals surface area contributed by atoms with Crippen LogP contribution in [0, 0.1) is 0 Å². The number of esters is 2. The molecule has 0 aliphatic carbocycles. The third-order valence-electron chi connectivity index (χ3n) is 4.23. The van der Waals surface area contributed by atoms with Gasteiger partial charge in [0.15, 0.2) is 0 Å². The minimum absolute atomic E-state index is 0.201. The summed E-state index contributed by atoms with van der Waals surface area (Å²) in [5, 5.41) is 6.38. The van der Waals surface area contributed by atoms with Crippen molar-refractivity contribution in [1.82, 2.24) is 4.90 Å². The Hall–Kier alpha value is -2.33. The van der Waals surface area contributed by atoms with Crippen LogP contribution in [0.2, 0.25) is 0 Å². The Labute approximate surface area is 165 Å². The van der Waals surface area contributed by atoms with Gasteiger partial charge in [0, 0.05) is 12.7 Å². The maximum absolute atomic E-state index is 12.2. The lowest BCUT2D eigenvalue weighted by atomic mass is 10.3. The average molecular weight is 409 g/mol. The van der Waals surface area contributed by atoms with Gasteiger partial charge in [0.2, 0.25) is 9.37 Å². The lowest BCUT2D eigenvalue weighted by Gasteiger charge is -2.39. The largest absolute Gasteiger partial charge is 0.497 e. The number of hydrogen-bond donors (Lipinski definition) is 0. The molecule has 144 valence electrons. The number of carbonyl (C=O) groups is 2. The molecule has 0 bridgehead atoms. The van der Waals surface area contributed by atoms with Gasteiger partial charge in [0.25, 0.3) is 0 Å². The second kappa shape index (κ2) is 7.35. The minimum Gasteiger partial charge on any atom is -0.497 e. The van der Waals surface area contributed by atoms with Crippen LogP contribution in [0.4, 0.5) is 5.69 Å². The second-order valence-electron chi connectivity index (χ2n) is 5.62. The Morgan fingerprint density at radius 1 is 1.04 bits per heavy atom. The van der Waals surface area contributed by atoms with Crippen LogP contribution in [-0.4, -0.2) is 54.6 Å². The molecule has 1 aromatic rings. The molecule has 8 nitrogen and oxygen atoms in total. The molecule has 0 saturated carbocycles. The highest BCUT2D eigenvalue weighted by molar-refractivity contribution is 8.28. The molecule has 1 aromatic carbocycles. The van der Waals surface area contributed by atoms with Crippen molar-refractivity contribution in [2.24, 2.45) is 5.10 Å². The van der Waals surface area contributed by atoms with Crippen LogP contribution in [0.25, 0.3) is 0 Å². The van der Waals surface area contributed by atoms with Crippen LogP contribution in [0.3, 0.4) is 0 Å². The molecule has 0 N–H and O–H groups in total. The van der Waals surface area contributed by atoms with Crippen molar-refractivity contribution >= 4 is 46.2 Å². The summed E-state index contributed by atoms with van der Waals surface area (Å²) in [6.07, 6.45) is 0. The van der Waals surface area contributed by atoms with E-state index in [1.54, 1.807) is 24.3 Å². The van der Waals surface area contributed by atoms with Gasteiger partial charge < -0.3 is 19.1 Å². The number of carbonyl (C=O) groups excluding carboxylic acids is 2. The van der Waals surface area contributed by atoms with Gasteiger partial charge in [0.05, 0.1) is 27.0 Å². The SMILES string of the molecule is COC(=O)C1=NN(c2ccc(OC)cc2)[C@]2(S1)SC(C(=O)OC)=C(C)N2C. The third kappa shape index (κ3) is 3.12. The third-order valence-corrected chi connectivity index (χ3v) is 7.26. The van der Waals surface area contributed by atoms with Crippen LogP contribution in [0.5, 0.6) is 5.75 Å². The van der Waals surface area contributed by atoms with Crippen molar-refractivity contribution in [2.75, 3.05) is 33.4 Å². The van der Waals surface area contributed by atoms with Gasteiger partial charge in [-0.15, -0.1) is 0 Å². The van der Waals surface area contributed by atoms with E-state index < -0.39 is 16.3 Å². The Balaban J connectivity index is 2.05. The summed E-state index contributed by atoms with van der Waals surface area (Å²) >= 11 is 2.50. The number of hydrazone groups is 1. The van der Waals surface area contributed by atoms with E-state index in [2.05, 4.69) is 5.10 Å². The van der Waals surface area contributed by atoms with E-state index in [0.29, 0.717) is 10.7 Å². The summed E-state index contributed by atoms with van der Waals surface area (Å²) in [6.45, 7) is 1.83. The molecular weight excluding hydrogens is 390 g/mol. The van der Waals surface area contributed by atoms with Gasteiger partial charge in [-0.3, -0.25) is 0 Å². The Bertz CT molecular complexity index is 839. The molecule has 0 saturated heterocycles. The fourth-order valence-corrected chi connectivity index (χ4v) is 5.58. The molecule has 0 amide bonds. The fraction of sp³-hybridized carbons (Fsp3) is 0.353. The second-order valence-corrected chi connectivity index (χ2v) is 8.22. The number of anilines is 1. The van der Waals surface area contributed by atoms with Crippen LogP contribution >= 0.6 is 23.5 Å². The van der Waals surface area contributed by atoms with Gasteiger partial charge in [-0.05, 0) is 43.0 Å². The Morgan fingerprint density at radius 3 is 2.22 bits per heavy atom. The number of ether oxygens (including phenoxy) is 3. The van der Waals surface area contributed by atoms with Crippen molar-refractivity contribution in [3.8, 4) is 5.75 Å². The number of methoxy groups -OCH3 is 3. The molecule has 0 unspecified atom stereocenters. The normalized spacial score (nSPS) is 21.6. The maximum atomic E-state index is 12.2. The van der Waals surface area contributed by atoms with Gasteiger partial charge >= 0.3 is 11.9 Å². The summed E-state index contributed by atoms with van der Waals surface area (Å²) < 4.78 is 14.1. The van der Waals surface area contributed by atoms with E-state index in [0.717, 1.165) is 11.4 Å². The number of hydrogen-bond acceptors (Lipinski definition) is 10.